The van der Waals surface area contributed by atoms with E-state index in [1.165, 1.54) is 24.1 Å². The lowest BCUT2D eigenvalue weighted by Crippen LogP contribution is -2.23. The van der Waals surface area contributed by atoms with Crippen molar-refractivity contribution in [1.29, 1.82) is 0 Å². The molecule has 30 heavy (non-hydrogen) atoms. The summed E-state index contributed by atoms with van der Waals surface area (Å²) < 4.78 is 0. The molecule has 0 saturated carbocycles. The maximum absolute atomic E-state index is 5.10. The van der Waals surface area contributed by atoms with Gasteiger partial charge in [-0.15, -0.1) is 0 Å². The summed E-state index contributed by atoms with van der Waals surface area (Å²) in [5.41, 5.74) is 7.49. The largest absolute Gasteiger partial charge is 0.281 e. The molecular weight excluding hydrogens is 370 g/mol. The molecule has 4 aromatic rings. The van der Waals surface area contributed by atoms with Crippen molar-refractivity contribution in [2.24, 2.45) is 0 Å². The van der Waals surface area contributed by atoms with E-state index in [9.17, 15) is 0 Å². The van der Waals surface area contributed by atoms with Crippen LogP contribution in [0.4, 0.5) is 0 Å². The molecule has 0 radical (unpaired) electrons. The van der Waals surface area contributed by atoms with Gasteiger partial charge in [0.25, 0.3) is 0 Å². The number of nitrogens with one attached hydrogen (secondary N) is 2. The van der Waals surface area contributed by atoms with Gasteiger partial charge in [0.1, 0.15) is 11.4 Å². The number of pyridine rings is 1. The molecule has 1 aliphatic rings. The standard InChI is InChI=1S/C25H29N5/c1-24(2,3)20-14-19(27-28-20)21-16-10-7-6-9-15(16)13-18(26-21)22-17-11-8-12-25(4,5)23(17)30-29-22/h6-7,9-10,13-14H,8,11-12H2,1-5H3,(H,27,28)(H,29,30). The third kappa shape index (κ3) is 3.04. The van der Waals surface area contributed by atoms with E-state index in [2.05, 4.69) is 86.3 Å². The number of hydrogen-bond donors (Lipinski definition) is 2. The van der Waals surface area contributed by atoms with Gasteiger partial charge in [0.2, 0.25) is 0 Å². The van der Waals surface area contributed by atoms with Crippen molar-refractivity contribution in [2.45, 2.75) is 64.7 Å². The fourth-order valence-electron chi connectivity index (χ4n) is 4.55. The zero-order valence-electron chi connectivity index (χ0n) is 18.4. The molecule has 5 heteroatoms. The lowest BCUT2D eigenvalue weighted by Gasteiger charge is -2.29. The Balaban J connectivity index is 1.71. The van der Waals surface area contributed by atoms with Crippen molar-refractivity contribution in [1.82, 2.24) is 25.4 Å². The van der Waals surface area contributed by atoms with Crippen LogP contribution in [-0.2, 0) is 17.3 Å². The minimum atomic E-state index is 0.00547. The Morgan fingerprint density at radius 1 is 0.933 bits per heavy atom. The molecule has 0 spiro atoms. The monoisotopic (exact) mass is 399 g/mol. The second kappa shape index (κ2) is 6.53. The van der Waals surface area contributed by atoms with Gasteiger partial charge in [-0.05, 0) is 36.8 Å². The van der Waals surface area contributed by atoms with Crippen molar-refractivity contribution in [2.75, 3.05) is 0 Å². The summed E-state index contributed by atoms with van der Waals surface area (Å²) in [6.07, 6.45) is 3.41. The number of fused-ring (bicyclic) bond motifs is 2. The zero-order valence-corrected chi connectivity index (χ0v) is 18.4. The Kier molecular flexibility index (Phi) is 4.14. The van der Waals surface area contributed by atoms with Crippen molar-refractivity contribution < 1.29 is 0 Å². The molecule has 0 unspecified atom stereocenters. The number of nitrogens with zero attached hydrogens (tertiary/aromatic N) is 3. The molecule has 2 N–H and O–H groups in total. The molecular formula is C25H29N5. The molecule has 5 rings (SSSR count). The molecule has 3 heterocycles. The summed E-state index contributed by atoms with van der Waals surface area (Å²) in [6, 6.07) is 12.7. The molecule has 1 aliphatic carbocycles. The summed E-state index contributed by atoms with van der Waals surface area (Å²) in [6.45, 7) is 11.1. The van der Waals surface area contributed by atoms with Crippen molar-refractivity contribution >= 4 is 10.8 Å². The topological polar surface area (TPSA) is 70.2 Å². The first-order valence-corrected chi connectivity index (χ1v) is 10.8. The van der Waals surface area contributed by atoms with Gasteiger partial charge in [0.05, 0.1) is 11.4 Å². The van der Waals surface area contributed by atoms with E-state index in [1.54, 1.807) is 0 Å². The molecule has 1 aromatic carbocycles. The van der Waals surface area contributed by atoms with Crippen molar-refractivity contribution in [3.8, 4) is 22.8 Å². The van der Waals surface area contributed by atoms with E-state index in [0.717, 1.165) is 45.7 Å². The van der Waals surface area contributed by atoms with Crippen LogP contribution in [0.2, 0.25) is 0 Å². The van der Waals surface area contributed by atoms with Crippen LogP contribution in [0, 0.1) is 0 Å². The lowest BCUT2D eigenvalue weighted by atomic mass is 9.76. The molecule has 0 aliphatic heterocycles. The van der Waals surface area contributed by atoms with Crippen LogP contribution in [0.5, 0.6) is 0 Å². The Bertz CT molecular complexity index is 1240. The van der Waals surface area contributed by atoms with Crippen molar-refractivity contribution in [3.63, 3.8) is 0 Å². The highest BCUT2D eigenvalue weighted by Gasteiger charge is 2.32. The number of rotatable bonds is 2. The summed E-state index contributed by atoms with van der Waals surface area (Å²) in [5.74, 6) is 0. The van der Waals surface area contributed by atoms with Crippen LogP contribution >= 0.6 is 0 Å². The van der Waals surface area contributed by atoms with Gasteiger partial charge in [0, 0.05) is 33.2 Å². The number of benzene rings is 1. The SMILES string of the molecule is CC(C)(C)c1cc(-c2nc(-c3n[nH]c4c3CCCC4(C)C)cc3ccccc23)n[nH]1. The van der Waals surface area contributed by atoms with E-state index in [-0.39, 0.29) is 10.8 Å². The predicted octanol–water partition coefficient (Wildman–Crippen LogP) is 5.93. The van der Waals surface area contributed by atoms with Gasteiger partial charge in [-0.25, -0.2) is 4.98 Å². The molecule has 154 valence electrons. The summed E-state index contributed by atoms with van der Waals surface area (Å²) >= 11 is 0. The van der Waals surface area contributed by atoms with Gasteiger partial charge in [-0.1, -0.05) is 58.9 Å². The van der Waals surface area contributed by atoms with Gasteiger partial charge in [-0.3, -0.25) is 10.2 Å². The Morgan fingerprint density at radius 2 is 1.73 bits per heavy atom. The average Bonchev–Trinajstić information content (AvgIpc) is 3.35. The predicted molar refractivity (Wildman–Crippen MR) is 122 cm³/mol. The Labute approximate surface area is 177 Å². The van der Waals surface area contributed by atoms with Crippen LogP contribution < -0.4 is 0 Å². The van der Waals surface area contributed by atoms with E-state index < -0.39 is 0 Å². The highest BCUT2D eigenvalue weighted by Crippen LogP contribution is 2.40. The minimum Gasteiger partial charge on any atom is -0.281 e. The maximum atomic E-state index is 5.10. The van der Waals surface area contributed by atoms with Crippen LogP contribution in [0.1, 0.15) is 64.4 Å². The van der Waals surface area contributed by atoms with Crippen LogP contribution in [0.25, 0.3) is 33.5 Å². The highest BCUT2D eigenvalue weighted by atomic mass is 15.1. The molecule has 3 aromatic heterocycles. The summed E-state index contributed by atoms with van der Waals surface area (Å²) in [5, 5.41) is 18.2. The van der Waals surface area contributed by atoms with E-state index in [1.807, 2.05) is 0 Å². The zero-order chi connectivity index (χ0) is 21.1. The van der Waals surface area contributed by atoms with Gasteiger partial charge in [-0.2, -0.15) is 10.2 Å². The highest BCUT2D eigenvalue weighted by molar-refractivity contribution is 5.96. The number of aromatic nitrogens is 5. The third-order valence-electron chi connectivity index (χ3n) is 6.38. The smallest absolute Gasteiger partial charge is 0.114 e. The molecule has 0 fully saturated rings. The van der Waals surface area contributed by atoms with Crippen LogP contribution in [0.3, 0.4) is 0 Å². The lowest BCUT2D eigenvalue weighted by molar-refractivity contribution is 0.420. The van der Waals surface area contributed by atoms with Crippen LogP contribution in [0.15, 0.2) is 36.4 Å². The molecule has 0 bridgehead atoms. The minimum absolute atomic E-state index is 0.00547. The maximum Gasteiger partial charge on any atom is 0.114 e. The first-order valence-electron chi connectivity index (χ1n) is 10.8. The van der Waals surface area contributed by atoms with Gasteiger partial charge < -0.3 is 0 Å². The van der Waals surface area contributed by atoms with Gasteiger partial charge in [0.15, 0.2) is 0 Å². The average molecular weight is 400 g/mol. The quantitative estimate of drug-likeness (QED) is 0.439. The second-order valence-corrected chi connectivity index (χ2v) is 10.2. The van der Waals surface area contributed by atoms with E-state index >= 15 is 0 Å². The molecule has 0 saturated heterocycles. The number of aromatic amines is 2. The summed E-state index contributed by atoms with van der Waals surface area (Å²) in [4.78, 5) is 5.10. The molecule has 0 atom stereocenters. The molecule has 0 amide bonds. The fourth-order valence-corrected chi connectivity index (χ4v) is 4.55. The molecule has 5 nitrogen and oxygen atoms in total. The summed E-state index contributed by atoms with van der Waals surface area (Å²) in [7, 11) is 0. The van der Waals surface area contributed by atoms with Crippen molar-refractivity contribution in [3.05, 3.63) is 53.3 Å². The normalized spacial score (nSPS) is 16.0. The van der Waals surface area contributed by atoms with E-state index in [0.29, 0.717) is 0 Å². The van der Waals surface area contributed by atoms with E-state index in [4.69, 9.17) is 10.1 Å². The Hall–Kier alpha value is -2.95. The first-order chi connectivity index (χ1) is 14.2. The first kappa shape index (κ1) is 19.0. The fraction of sp³-hybridized carbons (Fsp3) is 0.400. The third-order valence-corrected chi connectivity index (χ3v) is 6.38. The second-order valence-electron chi connectivity index (χ2n) is 10.2. The number of hydrogen-bond acceptors (Lipinski definition) is 3. The Morgan fingerprint density at radius 3 is 2.50 bits per heavy atom. The van der Waals surface area contributed by atoms with Gasteiger partial charge >= 0.3 is 0 Å². The van der Waals surface area contributed by atoms with Crippen LogP contribution in [-0.4, -0.2) is 25.4 Å². The number of H-pyrrole nitrogens is 2.